The summed E-state index contributed by atoms with van der Waals surface area (Å²) < 4.78 is 0. The number of carbonyl (C=O) groups is 1. The lowest BCUT2D eigenvalue weighted by Gasteiger charge is -2.38. The van der Waals surface area contributed by atoms with Gasteiger partial charge in [-0.15, -0.1) is 0 Å². The van der Waals surface area contributed by atoms with Gasteiger partial charge in [0.1, 0.15) is 0 Å². The molecular weight excluding hydrogens is 315 g/mol. The first-order valence-corrected chi connectivity index (χ1v) is 9.06. The summed E-state index contributed by atoms with van der Waals surface area (Å²) in [5, 5.41) is 1.07. The highest BCUT2D eigenvalue weighted by atomic mass is 35.5. The molecule has 0 bridgehead atoms. The number of rotatable bonds is 3. The van der Waals surface area contributed by atoms with Gasteiger partial charge in [-0.25, -0.2) is 0 Å². The molecule has 0 aliphatic heterocycles. The normalized spacial score (nSPS) is 28.5. The van der Waals surface area contributed by atoms with Crippen LogP contribution in [0.3, 0.4) is 0 Å². The van der Waals surface area contributed by atoms with Gasteiger partial charge in [0.25, 0.3) is 0 Å². The van der Waals surface area contributed by atoms with Gasteiger partial charge >= 0.3 is 0 Å². The Hall–Kier alpha value is -0.790. The molecule has 3 heteroatoms. The van der Waals surface area contributed by atoms with Crippen LogP contribution < -0.4 is 0 Å². The van der Waals surface area contributed by atoms with Crippen molar-refractivity contribution in [1.82, 2.24) is 0 Å². The van der Waals surface area contributed by atoms with E-state index in [0.29, 0.717) is 10.0 Å². The first-order chi connectivity index (χ1) is 10.6. The Balaban J connectivity index is 1.61. The van der Waals surface area contributed by atoms with Gasteiger partial charge in [0.2, 0.25) is 0 Å². The van der Waals surface area contributed by atoms with Crippen LogP contribution in [0.4, 0.5) is 0 Å². The highest BCUT2D eigenvalue weighted by Gasteiger charge is 2.34. The van der Waals surface area contributed by atoms with Gasteiger partial charge in [-0.1, -0.05) is 61.0 Å². The van der Waals surface area contributed by atoms with E-state index in [2.05, 4.69) is 0 Å². The van der Waals surface area contributed by atoms with Gasteiger partial charge in [0.15, 0.2) is 5.78 Å². The van der Waals surface area contributed by atoms with Crippen LogP contribution >= 0.6 is 23.2 Å². The van der Waals surface area contributed by atoms with Gasteiger partial charge in [-0.2, -0.15) is 0 Å². The van der Waals surface area contributed by atoms with E-state index in [1.165, 1.54) is 32.1 Å². The zero-order chi connectivity index (χ0) is 15.5. The monoisotopic (exact) mass is 336 g/mol. The van der Waals surface area contributed by atoms with Crippen molar-refractivity contribution in [1.29, 1.82) is 0 Å². The van der Waals surface area contributed by atoms with Crippen molar-refractivity contribution >= 4 is 35.1 Å². The Kier molecular flexibility index (Phi) is 5.25. The first-order valence-electron chi connectivity index (χ1n) is 8.30. The number of hydrogen-bond donors (Lipinski definition) is 0. The fraction of sp³-hybridized carbons (Fsp3) is 0.526. The third-order valence-corrected chi connectivity index (χ3v) is 6.06. The summed E-state index contributed by atoms with van der Waals surface area (Å²) in [5.74, 6) is 2.17. The lowest BCUT2D eigenvalue weighted by Crippen LogP contribution is -2.30. The standard InChI is InChI=1S/C19H22Cl2O/c20-17-9-5-13(11-18(17)21)6-10-19(22)16-8-7-14-3-1-2-4-15(14)12-16/h5-6,9-11,14-16H,1-4,7-8,12H2/b10-6-/t14-,15+,16+/m0/s1. The van der Waals surface area contributed by atoms with Gasteiger partial charge in [-0.3, -0.25) is 4.79 Å². The molecule has 3 atom stereocenters. The van der Waals surface area contributed by atoms with E-state index < -0.39 is 0 Å². The second-order valence-corrected chi connectivity index (χ2v) is 7.54. The van der Waals surface area contributed by atoms with Crippen LogP contribution in [0.2, 0.25) is 10.0 Å². The predicted octanol–water partition coefficient (Wildman–Crippen LogP) is 6.18. The molecule has 3 rings (SSSR count). The number of halogens is 2. The smallest absolute Gasteiger partial charge is 0.158 e. The number of fused-ring (bicyclic) bond motifs is 1. The lowest BCUT2D eigenvalue weighted by atomic mass is 9.67. The Bertz CT molecular complexity index is 579. The molecule has 2 aliphatic carbocycles. The van der Waals surface area contributed by atoms with Crippen LogP contribution in [0.15, 0.2) is 24.3 Å². The molecule has 2 fully saturated rings. The van der Waals surface area contributed by atoms with Crippen LogP contribution in [-0.4, -0.2) is 5.78 Å². The molecule has 2 aliphatic rings. The highest BCUT2D eigenvalue weighted by Crippen LogP contribution is 2.43. The third kappa shape index (κ3) is 3.75. The molecule has 1 aromatic rings. The quantitative estimate of drug-likeness (QED) is 0.602. The average molecular weight is 337 g/mol. The molecule has 0 amide bonds. The summed E-state index contributed by atoms with van der Waals surface area (Å²) in [6, 6.07) is 5.45. The number of allylic oxidation sites excluding steroid dienone is 1. The fourth-order valence-corrected chi connectivity index (χ4v) is 4.37. The predicted molar refractivity (Wildman–Crippen MR) is 93.3 cm³/mol. The summed E-state index contributed by atoms with van der Waals surface area (Å²) in [7, 11) is 0. The molecule has 2 saturated carbocycles. The summed E-state index contributed by atoms with van der Waals surface area (Å²) >= 11 is 11.9. The number of benzene rings is 1. The molecule has 0 spiro atoms. The van der Waals surface area contributed by atoms with Crippen LogP contribution in [-0.2, 0) is 4.79 Å². The van der Waals surface area contributed by atoms with Crippen LogP contribution in [0.5, 0.6) is 0 Å². The second-order valence-electron chi connectivity index (χ2n) is 6.72. The van der Waals surface area contributed by atoms with Gasteiger partial charge < -0.3 is 0 Å². The SMILES string of the molecule is O=C(/C=C\c1ccc(Cl)c(Cl)c1)[C@@H]1CC[C@@H]2CCCC[C@@H]2C1. The fourth-order valence-electron chi connectivity index (χ4n) is 4.06. The maximum Gasteiger partial charge on any atom is 0.158 e. The van der Waals surface area contributed by atoms with Crippen LogP contribution in [0.25, 0.3) is 6.08 Å². The molecule has 0 heterocycles. The van der Waals surface area contributed by atoms with Gasteiger partial charge in [-0.05, 0) is 54.9 Å². The zero-order valence-corrected chi connectivity index (χ0v) is 14.2. The minimum Gasteiger partial charge on any atom is -0.295 e. The van der Waals surface area contributed by atoms with Crippen molar-refractivity contribution < 1.29 is 4.79 Å². The van der Waals surface area contributed by atoms with E-state index in [0.717, 1.165) is 30.2 Å². The summed E-state index contributed by atoms with van der Waals surface area (Å²) in [5.41, 5.74) is 0.925. The topological polar surface area (TPSA) is 17.1 Å². The summed E-state index contributed by atoms with van der Waals surface area (Å²) in [4.78, 5) is 12.5. The minimum absolute atomic E-state index is 0.221. The van der Waals surface area contributed by atoms with Crippen molar-refractivity contribution in [3.63, 3.8) is 0 Å². The molecule has 0 radical (unpaired) electrons. The Morgan fingerprint density at radius 2 is 1.77 bits per heavy atom. The Morgan fingerprint density at radius 3 is 2.55 bits per heavy atom. The van der Waals surface area contributed by atoms with E-state index in [4.69, 9.17) is 23.2 Å². The summed E-state index contributed by atoms with van der Waals surface area (Å²) in [6.45, 7) is 0. The molecule has 0 aromatic heterocycles. The van der Waals surface area contributed by atoms with Crippen LogP contribution in [0.1, 0.15) is 50.5 Å². The van der Waals surface area contributed by atoms with Crippen molar-refractivity contribution in [2.75, 3.05) is 0 Å². The Labute approximate surface area is 142 Å². The van der Waals surface area contributed by atoms with Gasteiger partial charge in [0, 0.05) is 5.92 Å². The lowest BCUT2D eigenvalue weighted by molar-refractivity contribution is -0.120. The van der Waals surface area contributed by atoms with Crippen LogP contribution in [0, 0.1) is 17.8 Å². The van der Waals surface area contributed by atoms with Crippen molar-refractivity contribution in [3.05, 3.63) is 39.9 Å². The number of carbonyl (C=O) groups excluding carboxylic acids is 1. The third-order valence-electron chi connectivity index (χ3n) is 5.33. The molecule has 0 saturated heterocycles. The maximum atomic E-state index is 12.5. The first kappa shape index (κ1) is 16.1. The van der Waals surface area contributed by atoms with E-state index in [-0.39, 0.29) is 11.7 Å². The molecule has 118 valence electrons. The number of hydrogen-bond acceptors (Lipinski definition) is 1. The van der Waals surface area contributed by atoms with E-state index in [1.807, 2.05) is 12.1 Å². The molecule has 22 heavy (non-hydrogen) atoms. The molecular formula is C19H22Cl2O. The van der Waals surface area contributed by atoms with E-state index in [9.17, 15) is 4.79 Å². The van der Waals surface area contributed by atoms with Crippen molar-refractivity contribution in [3.8, 4) is 0 Å². The molecule has 1 aromatic carbocycles. The summed E-state index contributed by atoms with van der Waals surface area (Å²) in [6.07, 6.45) is 12.4. The largest absolute Gasteiger partial charge is 0.295 e. The van der Waals surface area contributed by atoms with Gasteiger partial charge in [0.05, 0.1) is 10.0 Å². The maximum absolute atomic E-state index is 12.5. The zero-order valence-electron chi connectivity index (χ0n) is 12.7. The van der Waals surface area contributed by atoms with Crippen molar-refractivity contribution in [2.24, 2.45) is 17.8 Å². The minimum atomic E-state index is 0.221. The molecule has 0 unspecified atom stereocenters. The second kappa shape index (κ2) is 7.19. The average Bonchev–Trinajstić information content (AvgIpc) is 2.55. The molecule has 1 nitrogen and oxygen atoms in total. The van der Waals surface area contributed by atoms with Crippen molar-refractivity contribution in [2.45, 2.75) is 44.9 Å². The van der Waals surface area contributed by atoms with E-state index in [1.54, 1.807) is 18.2 Å². The highest BCUT2D eigenvalue weighted by molar-refractivity contribution is 6.42. The van der Waals surface area contributed by atoms with E-state index >= 15 is 0 Å². The molecule has 0 N–H and O–H groups in total. The number of ketones is 1. The Morgan fingerprint density at radius 1 is 1.00 bits per heavy atom.